The van der Waals surface area contributed by atoms with E-state index >= 15 is 0 Å². The number of phenols is 1. The molecule has 1 aromatic carbocycles. The van der Waals surface area contributed by atoms with Crippen molar-refractivity contribution in [2.24, 2.45) is 0 Å². The normalized spacial score (nSPS) is 10.2. The Bertz CT molecular complexity index is 613. The molecule has 6 heteroatoms. The van der Waals surface area contributed by atoms with Crippen LogP contribution in [-0.2, 0) is 11.2 Å². The van der Waals surface area contributed by atoms with Gasteiger partial charge in [0.15, 0.2) is 0 Å². The van der Waals surface area contributed by atoms with E-state index in [1.54, 1.807) is 38.1 Å². The van der Waals surface area contributed by atoms with Crippen LogP contribution in [0.4, 0.5) is 5.95 Å². The molecule has 0 spiro atoms. The fourth-order valence-corrected chi connectivity index (χ4v) is 1.53. The standard InChI is InChI=1S/C13H14N4O2/c1-8-9(2)16-17-13(14-8)15-12(19)7-10-4-3-5-11(18)6-10/h3-6,18H,7H2,1-2H3,(H,14,15,17,19). The number of aryl methyl sites for hydroxylation is 2. The summed E-state index contributed by atoms with van der Waals surface area (Å²) in [5, 5.41) is 19.6. The molecule has 0 aliphatic carbocycles. The number of nitrogens with one attached hydrogen (secondary N) is 1. The van der Waals surface area contributed by atoms with Crippen LogP contribution in [0.25, 0.3) is 0 Å². The van der Waals surface area contributed by atoms with Crippen molar-refractivity contribution in [3.8, 4) is 5.75 Å². The molecule has 19 heavy (non-hydrogen) atoms. The van der Waals surface area contributed by atoms with Gasteiger partial charge in [0, 0.05) is 0 Å². The summed E-state index contributed by atoms with van der Waals surface area (Å²) in [6.45, 7) is 3.60. The lowest BCUT2D eigenvalue weighted by molar-refractivity contribution is -0.115. The van der Waals surface area contributed by atoms with Crippen LogP contribution in [0.3, 0.4) is 0 Å². The predicted octanol–water partition coefficient (Wildman–Crippen LogP) is 1.38. The molecule has 0 atom stereocenters. The fraction of sp³-hybridized carbons (Fsp3) is 0.231. The molecule has 1 aromatic heterocycles. The predicted molar refractivity (Wildman–Crippen MR) is 69.7 cm³/mol. The number of amides is 1. The second-order valence-corrected chi connectivity index (χ2v) is 4.20. The van der Waals surface area contributed by atoms with Gasteiger partial charge in [0.25, 0.3) is 0 Å². The third kappa shape index (κ3) is 3.48. The summed E-state index contributed by atoms with van der Waals surface area (Å²) < 4.78 is 0. The number of carbonyl (C=O) groups is 1. The molecule has 0 aliphatic rings. The largest absolute Gasteiger partial charge is 0.508 e. The van der Waals surface area contributed by atoms with Gasteiger partial charge >= 0.3 is 0 Å². The van der Waals surface area contributed by atoms with Crippen LogP contribution in [0.5, 0.6) is 5.75 Å². The van der Waals surface area contributed by atoms with Crippen molar-refractivity contribution in [3.63, 3.8) is 0 Å². The summed E-state index contributed by atoms with van der Waals surface area (Å²) >= 11 is 0. The van der Waals surface area contributed by atoms with Gasteiger partial charge < -0.3 is 5.11 Å². The third-order valence-corrected chi connectivity index (χ3v) is 2.62. The number of hydrogen-bond acceptors (Lipinski definition) is 5. The van der Waals surface area contributed by atoms with Crippen LogP contribution in [0.15, 0.2) is 24.3 Å². The second-order valence-electron chi connectivity index (χ2n) is 4.20. The molecule has 0 saturated heterocycles. The number of benzene rings is 1. The molecular weight excluding hydrogens is 244 g/mol. The zero-order valence-corrected chi connectivity index (χ0v) is 10.7. The quantitative estimate of drug-likeness (QED) is 0.868. The highest BCUT2D eigenvalue weighted by Crippen LogP contribution is 2.12. The van der Waals surface area contributed by atoms with Crippen LogP contribution in [0.2, 0.25) is 0 Å². The topological polar surface area (TPSA) is 88.0 Å². The number of phenolic OH excluding ortho intramolecular Hbond substituents is 1. The van der Waals surface area contributed by atoms with Gasteiger partial charge in [-0.3, -0.25) is 10.1 Å². The van der Waals surface area contributed by atoms with Crippen molar-refractivity contribution >= 4 is 11.9 Å². The first-order valence-corrected chi connectivity index (χ1v) is 5.80. The molecule has 0 unspecified atom stereocenters. The average molecular weight is 258 g/mol. The van der Waals surface area contributed by atoms with E-state index in [1.807, 2.05) is 0 Å². The molecule has 2 aromatic rings. The Balaban J connectivity index is 2.03. The Morgan fingerprint density at radius 3 is 2.74 bits per heavy atom. The molecule has 0 saturated carbocycles. The zero-order valence-electron chi connectivity index (χ0n) is 10.7. The molecule has 0 bridgehead atoms. The van der Waals surface area contributed by atoms with Crippen molar-refractivity contribution in [1.82, 2.24) is 15.2 Å². The highest BCUT2D eigenvalue weighted by atomic mass is 16.3. The van der Waals surface area contributed by atoms with Gasteiger partial charge in [-0.2, -0.15) is 5.10 Å². The lowest BCUT2D eigenvalue weighted by Crippen LogP contribution is -2.17. The van der Waals surface area contributed by atoms with Crippen molar-refractivity contribution < 1.29 is 9.90 Å². The number of hydrogen-bond donors (Lipinski definition) is 2. The van der Waals surface area contributed by atoms with E-state index in [0.29, 0.717) is 5.56 Å². The molecule has 98 valence electrons. The average Bonchev–Trinajstić information content (AvgIpc) is 2.34. The van der Waals surface area contributed by atoms with Gasteiger partial charge in [-0.25, -0.2) is 4.98 Å². The van der Waals surface area contributed by atoms with Crippen LogP contribution < -0.4 is 5.32 Å². The summed E-state index contributed by atoms with van der Waals surface area (Å²) in [4.78, 5) is 15.9. The van der Waals surface area contributed by atoms with E-state index in [1.165, 1.54) is 0 Å². The molecule has 1 heterocycles. The first-order chi connectivity index (χ1) is 9.04. The van der Waals surface area contributed by atoms with E-state index in [0.717, 1.165) is 11.4 Å². The van der Waals surface area contributed by atoms with Gasteiger partial charge in [-0.1, -0.05) is 12.1 Å². The summed E-state index contributed by atoms with van der Waals surface area (Å²) in [6.07, 6.45) is 0.144. The summed E-state index contributed by atoms with van der Waals surface area (Å²) in [6, 6.07) is 6.54. The highest BCUT2D eigenvalue weighted by Gasteiger charge is 2.08. The Hall–Kier alpha value is -2.50. The molecule has 0 radical (unpaired) electrons. The van der Waals surface area contributed by atoms with Gasteiger partial charge in [0.2, 0.25) is 11.9 Å². The van der Waals surface area contributed by atoms with Crippen LogP contribution >= 0.6 is 0 Å². The van der Waals surface area contributed by atoms with Gasteiger partial charge in [0.05, 0.1) is 17.8 Å². The van der Waals surface area contributed by atoms with E-state index in [-0.39, 0.29) is 24.0 Å². The summed E-state index contributed by atoms with van der Waals surface area (Å²) in [5.74, 6) is 0.0679. The van der Waals surface area contributed by atoms with Crippen molar-refractivity contribution in [2.75, 3.05) is 5.32 Å². The molecule has 6 nitrogen and oxygen atoms in total. The molecular formula is C13H14N4O2. The number of rotatable bonds is 3. The van der Waals surface area contributed by atoms with Crippen LogP contribution in [0, 0.1) is 13.8 Å². The van der Waals surface area contributed by atoms with Crippen molar-refractivity contribution in [2.45, 2.75) is 20.3 Å². The number of aromatic hydroxyl groups is 1. The smallest absolute Gasteiger partial charge is 0.249 e. The third-order valence-electron chi connectivity index (χ3n) is 2.62. The van der Waals surface area contributed by atoms with E-state index in [2.05, 4.69) is 20.5 Å². The van der Waals surface area contributed by atoms with Crippen molar-refractivity contribution in [3.05, 3.63) is 41.2 Å². The monoisotopic (exact) mass is 258 g/mol. The van der Waals surface area contributed by atoms with E-state index in [9.17, 15) is 9.90 Å². The fourth-order valence-electron chi connectivity index (χ4n) is 1.53. The van der Waals surface area contributed by atoms with Gasteiger partial charge in [-0.05, 0) is 31.5 Å². The number of aromatic nitrogens is 3. The number of anilines is 1. The second kappa shape index (κ2) is 5.43. The zero-order chi connectivity index (χ0) is 13.8. The SMILES string of the molecule is Cc1nnc(NC(=O)Cc2cccc(O)c2)nc1C. The maximum atomic E-state index is 11.8. The molecule has 0 fully saturated rings. The first kappa shape index (κ1) is 12.9. The summed E-state index contributed by atoms with van der Waals surface area (Å²) in [7, 11) is 0. The highest BCUT2D eigenvalue weighted by molar-refractivity contribution is 5.90. The lowest BCUT2D eigenvalue weighted by atomic mass is 10.1. The Morgan fingerprint density at radius 2 is 2.05 bits per heavy atom. The first-order valence-electron chi connectivity index (χ1n) is 5.80. The maximum Gasteiger partial charge on any atom is 0.249 e. The molecule has 2 N–H and O–H groups in total. The summed E-state index contributed by atoms with van der Waals surface area (Å²) in [5.41, 5.74) is 2.17. The minimum atomic E-state index is -0.254. The van der Waals surface area contributed by atoms with Crippen molar-refractivity contribution in [1.29, 1.82) is 0 Å². The molecule has 2 rings (SSSR count). The minimum absolute atomic E-state index is 0.134. The van der Waals surface area contributed by atoms with Gasteiger partial charge in [0.1, 0.15) is 5.75 Å². The van der Waals surface area contributed by atoms with E-state index in [4.69, 9.17) is 0 Å². The molecule has 1 amide bonds. The Morgan fingerprint density at radius 1 is 1.26 bits per heavy atom. The Labute approximate surface area is 110 Å². The Kier molecular flexibility index (Phi) is 3.70. The minimum Gasteiger partial charge on any atom is -0.508 e. The number of carbonyl (C=O) groups excluding carboxylic acids is 1. The van der Waals surface area contributed by atoms with Crippen LogP contribution in [-0.4, -0.2) is 26.2 Å². The number of nitrogens with zero attached hydrogens (tertiary/aromatic N) is 3. The van der Waals surface area contributed by atoms with E-state index < -0.39 is 0 Å². The molecule has 0 aliphatic heterocycles. The lowest BCUT2D eigenvalue weighted by Gasteiger charge is -2.05. The van der Waals surface area contributed by atoms with Crippen LogP contribution in [0.1, 0.15) is 17.0 Å². The van der Waals surface area contributed by atoms with Gasteiger partial charge in [-0.15, -0.1) is 5.10 Å². The maximum absolute atomic E-state index is 11.8.